The van der Waals surface area contributed by atoms with E-state index in [-0.39, 0.29) is 31.4 Å². The fourth-order valence-electron chi connectivity index (χ4n) is 3.23. The number of amides is 2. The van der Waals surface area contributed by atoms with Crippen molar-refractivity contribution in [1.29, 1.82) is 0 Å². The van der Waals surface area contributed by atoms with Crippen LogP contribution in [0, 0.1) is 13.8 Å². The highest BCUT2D eigenvalue weighted by Crippen LogP contribution is 2.26. The van der Waals surface area contributed by atoms with Gasteiger partial charge in [-0.05, 0) is 36.6 Å². The minimum atomic E-state index is -0.501. The van der Waals surface area contributed by atoms with Gasteiger partial charge in [0.25, 0.3) is 0 Å². The van der Waals surface area contributed by atoms with Crippen molar-refractivity contribution >= 4 is 11.8 Å². The summed E-state index contributed by atoms with van der Waals surface area (Å²) in [5.41, 5.74) is 3.35. The van der Waals surface area contributed by atoms with Crippen molar-refractivity contribution in [2.75, 3.05) is 40.4 Å². The minimum absolute atomic E-state index is 0.0901. The molecule has 0 bridgehead atoms. The number of hydrogen-bond donors (Lipinski definition) is 2. The van der Waals surface area contributed by atoms with Crippen LogP contribution in [0.1, 0.15) is 23.1 Å². The number of carbonyl (C=O) groups is 2. The number of rotatable bonds is 7. The first-order valence-corrected chi connectivity index (χ1v) is 8.88. The number of ether oxygens (including phenoxy) is 1. The zero-order valence-corrected chi connectivity index (χ0v) is 16.0. The number of likely N-dealkylation sites (N-methyl/N-ethyl adjacent to an activating group) is 1. The summed E-state index contributed by atoms with van der Waals surface area (Å²) in [6.07, 6.45) is 0.108. The molecule has 1 fully saturated rings. The molecule has 144 valence electrons. The first kappa shape index (κ1) is 20.2. The molecule has 2 amide bonds. The highest BCUT2D eigenvalue weighted by atomic mass is 16.5. The van der Waals surface area contributed by atoms with Crippen LogP contribution in [0.3, 0.4) is 0 Å². The molecule has 0 aromatic heterocycles. The summed E-state index contributed by atoms with van der Waals surface area (Å²) in [5, 5.41) is 11.8. The van der Waals surface area contributed by atoms with Gasteiger partial charge < -0.3 is 20.1 Å². The normalized spacial score (nSPS) is 17.7. The third kappa shape index (κ3) is 4.53. The van der Waals surface area contributed by atoms with Crippen LogP contribution >= 0.6 is 0 Å². The van der Waals surface area contributed by atoms with E-state index < -0.39 is 6.04 Å². The number of hydrogen-bond acceptors (Lipinski definition) is 5. The summed E-state index contributed by atoms with van der Waals surface area (Å²) in [6, 6.07) is 3.46. The number of nitrogens with zero attached hydrogens (tertiary/aromatic N) is 2. The highest BCUT2D eigenvalue weighted by Gasteiger charge is 2.32. The maximum absolute atomic E-state index is 12.4. The van der Waals surface area contributed by atoms with Gasteiger partial charge in [0.15, 0.2) is 0 Å². The maximum Gasteiger partial charge on any atom is 0.237 e. The van der Waals surface area contributed by atoms with E-state index in [0.717, 1.165) is 22.4 Å². The summed E-state index contributed by atoms with van der Waals surface area (Å²) in [4.78, 5) is 28.2. The van der Waals surface area contributed by atoms with Crippen molar-refractivity contribution in [2.45, 2.75) is 32.9 Å². The molecular weight excluding hydrogens is 334 g/mol. The molecule has 26 heavy (non-hydrogen) atoms. The number of piperazine rings is 1. The molecule has 1 saturated heterocycles. The Kier molecular flexibility index (Phi) is 6.99. The van der Waals surface area contributed by atoms with Crippen molar-refractivity contribution < 1.29 is 19.4 Å². The summed E-state index contributed by atoms with van der Waals surface area (Å²) in [7, 11) is 3.29. The van der Waals surface area contributed by atoms with Gasteiger partial charge in [-0.2, -0.15) is 0 Å². The molecule has 1 aliphatic rings. The molecule has 1 aliphatic heterocycles. The number of aliphatic hydroxyl groups excluding tert-OH is 1. The van der Waals surface area contributed by atoms with Crippen molar-refractivity contribution in [3.05, 3.63) is 28.8 Å². The topological polar surface area (TPSA) is 82.1 Å². The van der Waals surface area contributed by atoms with Gasteiger partial charge in [-0.1, -0.05) is 6.07 Å². The fraction of sp³-hybridized carbons (Fsp3) is 0.579. The standard InChI is InChI=1S/C19H29N3O4/c1-13-14(2)17(26-4)6-5-15(13)12-22-8-7-20-19(25)16(22)11-18(24)21(3)9-10-23/h5-6,16,23H,7-12H2,1-4H3,(H,20,25)/t16-/m0/s1. The Balaban J connectivity index is 2.16. The Morgan fingerprint density at radius 2 is 2.12 bits per heavy atom. The van der Waals surface area contributed by atoms with Gasteiger partial charge >= 0.3 is 0 Å². The third-order valence-corrected chi connectivity index (χ3v) is 5.11. The minimum Gasteiger partial charge on any atom is -0.496 e. The van der Waals surface area contributed by atoms with Gasteiger partial charge in [0.05, 0.1) is 26.2 Å². The third-order valence-electron chi connectivity index (χ3n) is 5.11. The first-order valence-electron chi connectivity index (χ1n) is 8.88. The van der Waals surface area contributed by atoms with E-state index in [1.165, 1.54) is 4.90 Å². The van der Waals surface area contributed by atoms with Crippen molar-refractivity contribution in [1.82, 2.24) is 15.1 Å². The molecule has 0 aliphatic carbocycles. The first-order chi connectivity index (χ1) is 12.4. The largest absolute Gasteiger partial charge is 0.496 e. The SMILES string of the molecule is COc1ccc(CN2CCNC(=O)[C@@H]2CC(=O)N(C)CCO)c(C)c1C. The van der Waals surface area contributed by atoms with Crippen LogP contribution in [0.25, 0.3) is 0 Å². The monoisotopic (exact) mass is 363 g/mol. The second-order valence-corrected chi connectivity index (χ2v) is 6.70. The predicted molar refractivity (Wildman–Crippen MR) is 99.0 cm³/mol. The van der Waals surface area contributed by atoms with Crippen LogP contribution in [-0.2, 0) is 16.1 Å². The molecule has 7 nitrogen and oxygen atoms in total. The van der Waals surface area contributed by atoms with E-state index >= 15 is 0 Å². The van der Waals surface area contributed by atoms with Gasteiger partial charge in [-0.25, -0.2) is 0 Å². The van der Waals surface area contributed by atoms with E-state index in [1.54, 1.807) is 14.2 Å². The second kappa shape index (κ2) is 9.00. The zero-order chi connectivity index (χ0) is 19.3. The highest BCUT2D eigenvalue weighted by molar-refractivity contribution is 5.88. The lowest BCUT2D eigenvalue weighted by Gasteiger charge is -2.35. The molecule has 0 spiro atoms. The molecule has 2 N–H and O–H groups in total. The van der Waals surface area contributed by atoms with E-state index in [1.807, 2.05) is 26.0 Å². The number of carbonyl (C=O) groups excluding carboxylic acids is 2. The van der Waals surface area contributed by atoms with E-state index in [0.29, 0.717) is 19.6 Å². The Labute approximate surface area is 154 Å². The summed E-state index contributed by atoms with van der Waals surface area (Å²) in [6.45, 7) is 6.11. The van der Waals surface area contributed by atoms with Crippen molar-refractivity contribution in [2.24, 2.45) is 0 Å². The van der Waals surface area contributed by atoms with Crippen LogP contribution in [-0.4, -0.2) is 73.2 Å². The Hall–Kier alpha value is -2.12. The molecule has 1 atom stereocenters. The Morgan fingerprint density at radius 3 is 2.77 bits per heavy atom. The van der Waals surface area contributed by atoms with Crippen molar-refractivity contribution in [3.8, 4) is 5.75 Å². The van der Waals surface area contributed by atoms with Crippen LogP contribution < -0.4 is 10.1 Å². The van der Waals surface area contributed by atoms with Crippen molar-refractivity contribution in [3.63, 3.8) is 0 Å². The Morgan fingerprint density at radius 1 is 1.38 bits per heavy atom. The number of benzene rings is 1. The molecule has 2 rings (SSSR count). The lowest BCUT2D eigenvalue weighted by atomic mass is 10.00. The molecule has 7 heteroatoms. The number of methoxy groups -OCH3 is 1. The van der Waals surface area contributed by atoms with E-state index in [4.69, 9.17) is 9.84 Å². The smallest absolute Gasteiger partial charge is 0.237 e. The van der Waals surface area contributed by atoms with Gasteiger partial charge in [0.1, 0.15) is 5.75 Å². The predicted octanol–water partition coefficient (Wildman–Crippen LogP) is 0.453. The van der Waals surface area contributed by atoms with Crippen LogP contribution in [0.2, 0.25) is 0 Å². The van der Waals surface area contributed by atoms with Gasteiger partial charge in [0.2, 0.25) is 11.8 Å². The average Bonchev–Trinajstić information content (AvgIpc) is 2.62. The van der Waals surface area contributed by atoms with Crippen LogP contribution in [0.15, 0.2) is 12.1 Å². The fourth-order valence-corrected chi connectivity index (χ4v) is 3.23. The average molecular weight is 363 g/mol. The molecular formula is C19H29N3O4. The van der Waals surface area contributed by atoms with Gasteiger partial charge in [0, 0.05) is 33.2 Å². The zero-order valence-electron chi connectivity index (χ0n) is 16.0. The quantitative estimate of drug-likeness (QED) is 0.735. The number of nitrogens with one attached hydrogen (secondary N) is 1. The van der Waals surface area contributed by atoms with Gasteiger partial charge in [-0.3, -0.25) is 14.5 Å². The maximum atomic E-state index is 12.4. The Bertz CT molecular complexity index is 662. The molecule has 1 aromatic rings. The van der Waals surface area contributed by atoms with Gasteiger partial charge in [-0.15, -0.1) is 0 Å². The number of aliphatic hydroxyl groups is 1. The second-order valence-electron chi connectivity index (χ2n) is 6.70. The van der Waals surface area contributed by atoms with Crippen LogP contribution in [0.4, 0.5) is 0 Å². The lowest BCUT2D eigenvalue weighted by Crippen LogP contribution is -2.56. The molecule has 0 unspecified atom stereocenters. The summed E-state index contributed by atoms with van der Waals surface area (Å²) < 4.78 is 5.36. The van der Waals surface area contributed by atoms with E-state index in [9.17, 15) is 9.59 Å². The van der Waals surface area contributed by atoms with Crippen LogP contribution in [0.5, 0.6) is 5.75 Å². The molecule has 1 aromatic carbocycles. The van der Waals surface area contributed by atoms with E-state index in [2.05, 4.69) is 10.2 Å². The summed E-state index contributed by atoms with van der Waals surface area (Å²) in [5.74, 6) is 0.582. The molecule has 1 heterocycles. The summed E-state index contributed by atoms with van der Waals surface area (Å²) >= 11 is 0. The lowest BCUT2D eigenvalue weighted by molar-refractivity contribution is -0.138. The molecule has 0 saturated carbocycles. The molecule has 0 radical (unpaired) electrons.